The molecule has 0 aliphatic carbocycles. The third-order valence-electron chi connectivity index (χ3n) is 4.59. The summed E-state index contributed by atoms with van der Waals surface area (Å²) >= 11 is 3.41. The Labute approximate surface area is 194 Å². The molecule has 0 bridgehead atoms. The van der Waals surface area contributed by atoms with E-state index in [-0.39, 0.29) is 5.57 Å². The summed E-state index contributed by atoms with van der Waals surface area (Å²) in [7, 11) is 0. The van der Waals surface area contributed by atoms with Gasteiger partial charge in [0.2, 0.25) is 0 Å². The summed E-state index contributed by atoms with van der Waals surface area (Å²) in [5.41, 5.74) is 0.776. The van der Waals surface area contributed by atoms with Gasteiger partial charge in [0.15, 0.2) is 0 Å². The van der Waals surface area contributed by atoms with Crippen LogP contribution in [0.1, 0.15) is 25.3 Å². The Kier molecular flexibility index (Phi) is 7.83. The number of ether oxygens (including phenoxy) is 2. The molecule has 7 nitrogen and oxygen atoms in total. The largest absolute Gasteiger partial charge is 0.494 e. The first-order chi connectivity index (χ1) is 15.4. The number of benzene rings is 2. The molecule has 2 aromatic carbocycles. The van der Waals surface area contributed by atoms with E-state index >= 15 is 0 Å². The van der Waals surface area contributed by atoms with Crippen LogP contribution in [0.5, 0.6) is 11.5 Å². The van der Waals surface area contributed by atoms with Gasteiger partial charge < -0.3 is 9.47 Å². The molecule has 0 saturated carbocycles. The van der Waals surface area contributed by atoms with E-state index in [2.05, 4.69) is 34.7 Å². The van der Waals surface area contributed by atoms with E-state index in [0.29, 0.717) is 40.4 Å². The van der Waals surface area contributed by atoms with Crippen molar-refractivity contribution in [2.24, 2.45) is 0 Å². The Morgan fingerprint density at radius 3 is 2.50 bits per heavy atom. The molecule has 4 amide bonds. The minimum atomic E-state index is -0.800. The van der Waals surface area contributed by atoms with Crippen molar-refractivity contribution in [3.63, 3.8) is 0 Å². The molecular weight excluding hydrogens is 476 g/mol. The molecule has 0 spiro atoms. The number of barbiturate groups is 1. The van der Waals surface area contributed by atoms with E-state index in [1.807, 2.05) is 0 Å². The fourth-order valence-corrected chi connectivity index (χ4v) is 3.47. The summed E-state index contributed by atoms with van der Waals surface area (Å²) in [5.74, 6) is -0.215. The van der Waals surface area contributed by atoms with Gasteiger partial charge >= 0.3 is 6.03 Å². The molecule has 1 N–H and O–H groups in total. The third kappa shape index (κ3) is 5.45. The predicted octanol–water partition coefficient (Wildman–Crippen LogP) is 4.86. The van der Waals surface area contributed by atoms with Crippen molar-refractivity contribution in [3.05, 3.63) is 70.7 Å². The number of carbonyl (C=O) groups is 3. The number of unbranched alkanes of at least 4 members (excludes halogenated alkanes) is 1. The summed E-state index contributed by atoms with van der Waals surface area (Å²) in [6, 6.07) is 10.9. The minimum Gasteiger partial charge on any atom is -0.494 e. The number of carbonyl (C=O) groups excluding carboxylic acids is 3. The van der Waals surface area contributed by atoms with Gasteiger partial charge in [-0.15, -0.1) is 0 Å². The van der Waals surface area contributed by atoms with Crippen molar-refractivity contribution in [2.45, 2.75) is 19.8 Å². The molecule has 3 rings (SSSR count). The summed E-state index contributed by atoms with van der Waals surface area (Å²) in [6.07, 6.45) is 5.01. The molecule has 0 aromatic heterocycles. The van der Waals surface area contributed by atoms with E-state index < -0.39 is 17.8 Å². The SMILES string of the molecule is C=CCOc1ccc(/C=C2/C(=O)NC(=O)N(c3ccc(OCCCC)cc3)C2=O)cc1Br. The molecule has 1 saturated heterocycles. The summed E-state index contributed by atoms with van der Waals surface area (Å²) in [6.45, 7) is 6.62. The van der Waals surface area contributed by atoms with Crippen LogP contribution in [0.25, 0.3) is 6.08 Å². The lowest BCUT2D eigenvalue weighted by molar-refractivity contribution is -0.122. The summed E-state index contributed by atoms with van der Waals surface area (Å²) in [5, 5.41) is 2.22. The van der Waals surface area contributed by atoms with Crippen LogP contribution in [0.4, 0.5) is 10.5 Å². The molecule has 0 radical (unpaired) electrons. The number of rotatable bonds is 9. The second kappa shape index (κ2) is 10.8. The number of anilines is 1. The highest BCUT2D eigenvalue weighted by molar-refractivity contribution is 9.10. The van der Waals surface area contributed by atoms with Gasteiger partial charge in [0, 0.05) is 0 Å². The fourth-order valence-electron chi connectivity index (χ4n) is 2.96. The number of amides is 4. The lowest BCUT2D eigenvalue weighted by Crippen LogP contribution is -2.54. The maximum atomic E-state index is 13.0. The van der Waals surface area contributed by atoms with Crippen LogP contribution < -0.4 is 19.7 Å². The first-order valence-electron chi connectivity index (χ1n) is 10.1. The molecule has 0 unspecified atom stereocenters. The zero-order valence-electron chi connectivity index (χ0n) is 17.6. The molecule has 1 fully saturated rings. The highest BCUT2D eigenvalue weighted by Crippen LogP contribution is 2.28. The van der Waals surface area contributed by atoms with Gasteiger partial charge in [0.1, 0.15) is 23.7 Å². The van der Waals surface area contributed by atoms with Gasteiger partial charge in [-0.25, -0.2) is 9.69 Å². The average Bonchev–Trinajstić information content (AvgIpc) is 2.77. The van der Waals surface area contributed by atoms with Gasteiger partial charge in [-0.1, -0.05) is 32.1 Å². The maximum Gasteiger partial charge on any atom is 0.335 e. The Morgan fingerprint density at radius 2 is 1.84 bits per heavy atom. The Balaban J connectivity index is 1.83. The number of urea groups is 1. The Morgan fingerprint density at radius 1 is 1.09 bits per heavy atom. The highest BCUT2D eigenvalue weighted by Gasteiger charge is 2.36. The number of nitrogens with one attached hydrogen (secondary N) is 1. The second-order valence-electron chi connectivity index (χ2n) is 6.94. The van der Waals surface area contributed by atoms with Crippen LogP contribution in [-0.4, -0.2) is 31.1 Å². The van der Waals surface area contributed by atoms with Crippen LogP contribution in [0.15, 0.2) is 65.2 Å². The van der Waals surface area contributed by atoms with Crippen LogP contribution >= 0.6 is 15.9 Å². The molecule has 1 heterocycles. The van der Waals surface area contributed by atoms with Gasteiger partial charge in [-0.3, -0.25) is 14.9 Å². The number of imide groups is 2. The highest BCUT2D eigenvalue weighted by atomic mass is 79.9. The molecule has 8 heteroatoms. The van der Waals surface area contributed by atoms with Gasteiger partial charge in [-0.05, 0) is 70.4 Å². The minimum absolute atomic E-state index is 0.153. The first-order valence-corrected chi connectivity index (χ1v) is 10.9. The summed E-state index contributed by atoms with van der Waals surface area (Å²) in [4.78, 5) is 38.7. The number of hydrogen-bond donors (Lipinski definition) is 1. The van der Waals surface area contributed by atoms with Crippen molar-refractivity contribution >= 4 is 45.5 Å². The van der Waals surface area contributed by atoms with E-state index in [0.717, 1.165) is 17.7 Å². The Hall–Kier alpha value is -3.39. The van der Waals surface area contributed by atoms with Crippen molar-refractivity contribution in [1.82, 2.24) is 5.32 Å². The molecule has 1 aliphatic heterocycles. The first kappa shape index (κ1) is 23.3. The monoisotopic (exact) mass is 498 g/mol. The number of nitrogens with zero attached hydrogens (tertiary/aromatic N) is 1. The molecule has 1 aliphatic rings. The van der Waals surface area contributed by atoms with Crippen molar-refractivity contribution < 1.29 is 23.9 Å². The van der Waals surface area contributed by atoms with E-state index in [4.69, 9.17) is 9.47 Å². The van der Waals surface area contributed by atoms with Gasteiger partial charge in [0.05, 0.1) is 16.8 Å². The standard InChI is InChI=1S/C24H23BrN2O5/c1-3-5-13-31-18-9-7-17(8-10-18)27-23(29)19(22(28)26-24(27)30)14-16-6-11-21(20(25)15-16)32-12-4-2/h4,6-11,14-15H,2-3,5,12-13H2,1H3,(H,26,28,30)/b19-14-. The zero-order valence-corrected chi connectivity index (χ0v) is 19.2. The van der Waals surface area contributed by atoms with Crippen molar-refractivity contribution in [1.29, 1.82) is 0 Å². The van der Waals surface area contributed by atoms with Crippen molar-refractivity contribution in [3.8, 4) is 11.5 Å². The van der Waals surface area contributed by atoms with E-state index in [9.17, 15) is 14.4 Å². The van der Waals surface area contributed by atoms with Crippen LogP contribution in [0, 0.1) is 0 Å². The molecule has 32 heavy (non-hydrogen) atoms. The lowest BCUT2D eigenvalue weighted by Gasteiger charge is -2.26. The number of halogens is 1. The average molecular weight is 499 g/mol. The third-order valence-corrected chi connectivity index (χ3v) is 5.21. The molecule has 166 valence electrons. The lowest BCUT2D eigenvalue weighted by atomic mass is 10.1. The topological polar surface area (TPSA) is 84.9 Å². The summed E-state index contributed by atoms with van der Waals surface area (Å²) < 4.78 is 11.8. The quantitative estimate of drug-likeness (QED) is 0.231. The molecule has 2 aromatic rings. The van der Waals surface area contributed by atoms with Gasteiger partial charge in [0.25, 0.3) is 11.8 Å². The second-order valence-corrected chi connectivity index (χ2v) is 7.80. The Bertz CT molecular complexity index is 1060. The van der Waals surface area contributed by atoms with Gasteiger partial charge in [-0.2, -0.15) is 0 Å². The molecular formula is C24H23BrN2O5. The smallest absolute Gasteiger partial charge is 0.335 e. The zero-order chi connectivity index (χ0) is 23.1. The van der Waals surface area contributed by atoms with Crippen molar-refractivity contribution in [2.75, 3.05) is 18.1 Å². The molecule has 0 atom stereocenters. The number of hydrogen-bond acceptors (Lipinski definition) is 5. The van der Waals surface area contributed by atoms with E-state index in [1.54, 1.807) is 48.5 Å². The predicted molar refractivity (Wildman–Crippen MR) is 126 cm³/mol. The fraction of sp³-hybridized carbons (Fsp3) is 0.208. The van der Waals surface area contributed by atoms with E-state index in [1.165, 1.54) is 6.08 Å². The van der Waals surface area contributed by atoms with Crippen LogP contribution in [0.3, 0.4) is 0 Å². The normalized spacial score (nSPS) is 15.0. The van der Waals surface area contributed by atoms with Crippen LogP contribution in [-0.2, 0) is 9.59 Å². The maximum absolute atomic E-state index is 13.0. The van der Waals surface area contributed by atoms with Crippen LogP contribution in [0.2, 0.25) is 0 Å².